The van der Waals surface area contributed by atoms with Gasteiger partial charge in [-0.25, -0.2) is 9.37 Å². The Morgan fingerprint density at radius 1 is 1.24 bits per heavy atom. The molecule has 6 rings (SSSR count). The first kappa shape index (κ1) is 27.2. The van der Waals surface area contributed by atoms with Gasteiger partial charge in [-0.3, -0.25) is 9.89 Å². The number of piperidine rings is 1. The molecule has 0 radical (unpaired) electrons. The molecule has 11 nitrogen and oxygen atoms in total. The van der Waals surface area contributed by atoms with Crippen LogP contribution in [0.3, 0.4) is 0 Å². The van der Waals surface area contributed by atoms with Crippen LogP contribution in [0.2, 0.25) is 5.02 Å². The highest BCUT2D eigenvalue weighted by molar-refractivity contribution is 6.33. The molecule has 0 bridgehead atoms. The van der Waals surface area contributed by atoms with E-state index in [9.17, 15) is 9.18 Å². The Balaban J connectivity index is 1.38. The van der Waals surface area contributed by atoms with Gasteiger partial charge in [0.2, 0.25) is 11.8 Å². The average Bonchev–Trinajstić information content (AvgIpc) is 3.46. The fourth-order valence-electron chi connectivity index (χ4n) is 5.44. The lowest BCUT2D eigenvalue weighted by atomic mass is 10.00. The molecule has 4 aromatic rings. The predicted molar refractivity (Wildman–Crippen MR) is 153 cm³/mol. The molecular weight excluding hydrogens is 551 g/mol. The molecule has 0 spiro atoms. The number of hydrogen-bond acceptors (Lipinski definition) is 9. The number of aromatic nitrogens is 5. The van der Waals surface area contributed by atoms with E-state index in [2.05, 4.69) is 38.6 Å². The van der Waals surface area contributed by atoms with Gasteiger partial charge in [-0.2, -0.15) is 15.1 Å². The molecule has 1 aromatic carbocycles. The SMILES string of the molecule is C=CC(=O)N1CCN(c2nc(OCC3CCCN(C)C3)nc3c(Oc4c(Cl)c(F)cc5[nH]ncc45)nccc23)CC1. The minimum atomic E-state index is -0.651. The van der Waals surface area contributed by atoms with E-state index in [0.29, 0.717) is 66.3 Å². The van der Waals surface area contributed by atoms with Gasteiger partial charge in [-0.1, -0.05) is 18.2 Å². The first-order valence-electron chi connectivity index (χ1n) is 13.5. The van der Waals surface area contributed by atoms with Crippen LogP contribution in [0.4, 0.5) is 10.2 Å². The van der Waals surface area contributed by atoms with Crippen LogP contribution in [0.5, 0.6) is 17.6 Å². The number of halogens is 2. The highest BCUT2D eigenvalue weighted by Crippen LogP contribution is 2.40. The van der Waals surface area contributed by atoms with Gasteiger partial charge in [0.25, 0.3) is 0 Å². The van der Waals surface area contributed by atoms with E-state index in [-0.39, 0.29) is 28.6 Å². The number of carbonyl (C=O) groups excluding carboxylic acids is 1. The number of benzene rings is 1. The molecule has 1 N–H and O–H groups in total. The normalized spacial score (nSPS) is 18.2. The summed E-state index contributed by atoms with van der Waals surface area (Å²) in [4.78, 5) is 32.2. The standard InChI is InChI=1S/C28H30ClFN8O3/c1-3-22(39)37-9-11-38(12-10-37)26-18-6-7-31-27(41-25-19-14-32-35-21(19)13-20(30)23(25)29)24(18)33-28(34-26)40-16-17-5-4-8-36(2)15-17/h3,6-7,13-14,17H,1,4-5,8-12,15-16H2,2H3,(H,32,35). The number of nitrogens with zero attached hydrogens (tertiary/aromatic N) is 7. The molecule has 3 aromatic heterocycles. The molecular formula is C28H30ClFN8O3. The van der Waals surface area contributed by atoms with Crippen molar-refractivity contribution in [3.8, 4) is 17.6 Å². The maximum atomic E-state index is 14.6. The van der Waals surface area contributed by atoms with Gasteiger partial charge < -0.3 is 24.2 Å². The second kappa shape index (κ2) is 11.5. The lowest BCUT2D eigenvalue weighted by molar-refractivity contribution is -0.126. The molecule has 1 unspecified atom stereocenters. The van der Waals surface area contributed by atoms with Crippen LogP contribution in [0.25, 0.3) is 21.8 Å². The molecule has 2 aliphatic rings. The second-order valence-corrected chi connectivity index (χ2v) is 10.8. The number of fused-ring (bicyclic) bond motifs is 2. The Morgan fingerprint density at radius 3 is 2.85 bits per heavy atom. The van der Waals surface area contributed by atoms with E-state index in [1.54, 1.807) is 17.2 Å². The number of carbonyl (C=O) groups is 1. The summed E-state index contributed by atoms with van der Waals surface area (Å²) in [5.74, 6) is 0.458. The maximum absolute atomic E-state index is 14.6. The summed E-state index contributed by atoms with van der Waals surface area (Å²) in [5, 5.41) is 7.73. The zero-order valence-corrected chi connectivity index (χ0v) is 23.4. The Hall–Kier alpha value is -4.03. The Kier molecular flexibility index (Phi) is 7.59. The first-order valence-corrected chi connectivity index (χ1v) is 13.9. The van der Waals surface area contributed by atoms with Crippen LogP contribution >= 0.6 is 11.6 Å². The molecule has 0 saturated carbocycles. The van der Waals surface area contributed by atoms with Crippen molar-refractivity contribution >= 4 is 45.1 Å². The zero-order chi connectivity index (χ0) is 28.5. The van der Waals surface area contributed by atoms with E-state index >= 15 is 0 Å². The van der Waals surface area contributed by atoms with Crippen molar-refractivity contribution < 1.29 is 18.7 Å². The third-order valence-corrected chi connectivity index (χ3v) is 7.92. The zero-order valence-electron chi connectivity index (χ0n) is 22.6. The summed E-state index contributed by atoms with van der Waals surface area (Å²) < 4.78 is 27.0. The van der Waals surface area contributed by atoms with E-state index in [4.69, 9.17) is 31.0 Å². The maximum Gasteiger partial charge on any atom is 0.319 e. The summed E-state index contributed by atoms with van der Waals surface area (Å²) in [6.07, 6.45) is 6.61. The van der Waals surface area contributed by atoms with E-state index < -0.39 is 5.82 Å². The molecule has 2 aliphatic heterocycles. The van der Waals surface area contributed by atoms with Crippen molar-refractivity contribution in [1.82, 2.24) is 34.9 Å². The summed E-state index contributed by atoms with van der Waals surface area (Å²) in [6.45, 7) is 8.24. The molecule has 13 heteroatoms. The molecule has 2 fully saturated rings. The smallest absolute Gasteiger partial charge is 0.319 e. The Morgan fingerprint density at radius 2 is 2.07 bits per heavy atom. The highest BCUT2D eigenvalue weighted by atomic mass is 35.5. The van der Waals surface area contributed by atoms with Gasteiger partial charge in [-0.05, 0) is 38.6 Å². The number of rotatable bonds is 7. The van der Waals surface area contributed by atoms with Crippen LogP contribution < -0.4 is 14.4 Å². The van der Waals surface area contributed by atoms with Gasteiger partial charge in [0, 0.05) is 50.9 Å². The Labute approximate surface area is 240 Å². The summed E-state index contributed by atoms with van der Waals surface area (Å²) in [6, 6.07) is 3.26. The van der Waals surface area contributed by atoms with Crippen molar-refractivity contribution in [1.29, 1.82) is 0 Å². The molecule has 214 valence electrons. The largest absolute Gasteiger partial charge is 0.463 e. The molecule has 1 amide bonds. The van der Waals surface area contributed by atoms with Crippen LogP contribution in [0, 0.1) is 11.7 Å². The molecule has 2 saturated heterocycles. The number of pyridine rings is 1. The van der Waals surface area contributed by atoms with Crippen molar-refractivity contribution in [3.63, 3.8) is 0 Å². The molecule has 1 atom stereocenters. The lowest BCUT2D eigenvalue weighted by Gasteiger charge is -2.35. The fraction of sp³-hybridized carbons (Fsp3) is 0.393. The number of H-pyrrole nitrogens is 1. The van der Waals surface area contributed by atoms with Crippen molar-refractivity contribution in [2.45, 2.75) is 12.8 Å². The van der Waals surface area contributed by atoms with Gasteiger partial charge in [0.1, 0.15) is 22.2 Å². The fourth-order valence-corrected chi connectivity index (χ4v) is 5.64. The molecule has 0 aliphatic carbocycles. The van der Waals surface area contributed by atoms with Crippen LogP contribution in [-0.2, 0) is 4.79 Å². The summed E-state index contributed by atoms with van der Waals surface area (Å²) in [5.41, 5.74) is 0.834. The van der Waals surface area contributed by atoms with Crippen LogP contribution in [0.15, 0.2) is 37.2 Å². The van der Waals surface area contributed by atoms with Crippen LogP contribution in [0.1, 0.15) is 12.8 Å². The van der Waals surface area contributed by atoms with Gasteiger partial charge in [-0.15, -0.1) is 0 Å². The monoisotopic (exact) mass is 580 g/mol. The van der Waals surface area contributed by atoms with E-state index in [1.165, 1.54) is 18.3 Å². The van der Waals surface area contributed by atoms with Crippen molar-refractivity contribution in [3.05, 3.63) is 48.0 Å². The summed E-state index contributed by atoms with van der Waals surface area (Å²) >= 11 is 6.33. The number of likely N-dealkylation sites (tertiary alicyclic amines) is 1. The number of aromatic amines is 1. The first-order chi connectivity index (χ1) is 19.9. The second-order valence-electron chi connectivity index (χ2n) is 10.4. The number of piperazine rings is 1. The minimum absolute atomic E-state index is 0.0832. The third kappa shape index (κ3) is 5.49. The third-order valence-electron chi connectivity index (χ3n) is 7.57. The lowest BCUT2D eigenvalue weighted by Crippen LogP contribution is -2.48. The topological polar surface area (TPSA) is 113 Å². The van der Waals surface area contributed by atoms with Crippen molar-refractivity contribution in [2.24, 2.45) is 5.92 Å². The van der Waals surface area contributed by atoms with Crippen LogP contribution in [-0.4, -0.2) is 93.8 Å². The van der Waals surface area contributed by atoms with Gasteiger partial charge in [0.05, 0.1) is 29.1 Å². The number of hydrogen-bond donors (Lipinski definition) is 1. The number of ether oxygens (including phenoxy) is 2. The summed E-state index contributed by atoms with van der Waals surface area (Å²) in [7, 11) is 2.11. The van der Waals surface area contributed by atoms with Crippen molar-refractivity contribution in [2.75, 3.05) is 57.8 Å². The number of anilines is 1. The highest BCUT2D eigenvalue weighted by Gasteiger charge is 2.26. The van der Waals surface area contributed by atoms with E-state index in [0.717, 1.165) is 25.9 Å². The predicted octanol–water partition coefficient (Wildman–Crippen LogP) is 4.04. The number of nitrogens with one attached hydrogen (secondary N) is 1. The molecule has 5 heterocycles. The number of amides is 1. The quantitative estimate of drug-likeness (QED) is 0.324. The van der Waals surface area contributed by atoms with Gasteiger partial charge >= 0.3 is 6.01 Å². The average molecular weight is 581 g/mol. The molecule has 41 heavy (non-hydrogen) atoms. The Bertz CT molecular complexity index is 1610. The van der Waals surface area contributed by atoms with Gasteiger partial charge in [0.15, 0.2) is 5.75 Å². The van der Waals surface area contributed by atoms with E-state index in [1.807, 2.05) is 0 Å². The minimum Gasteiger partial charge on any atom is -0.463 e.